The lowest BCUT2D eigenvalue weighted by molar-refractivity contribution is 0.242. The van der Waals surface area contributed by atoms with E-state index in [1.165, 1.54) is 0 Å². The normalized spacial score (nSPS) is 17.4. The van der Waals surface area contributed by atoms with E-state index >= 15 is 0 Å². The van der Waals surface area contributed by atoms with Gasteiger partial charge in [0, 0.05) is 28.3 Å². The molecule has 2 atom stereocenters. The van der Waals surface area contributed by atoms with Gasteiger partial charge in [-0.25, -0.2) is 0 Å². The van der Waals surface area contributed by atoms with Gasteiger partial charge in [0.05, 0.1) is 29.6 Å². The van der Waals surface area contributed by atoms with Crippen molar-refractivity contribution in [2.45, 2.75) is 45.9 Å². The predicted molar refractivity (Wildman–Crippen MR) is 152 cm³/mol. The molecule has 37 heavy (non-hydrogen) atoms. The molecule has 190 valence electrons. The molecule has 0 saturated carbocycles. The molecule has 0 aliphatic carbocycles. The molecule has 1 saturated heterocycles. The summed E-state index contributed by atoms with van der Waals surface area (Å²) in [4.78, 5) is 6.79. The van der Waals surface area contributed by atoms with Crippen LogP contribution in [0.3, 0.4) is 0 Å². The van der Waals surface area contributed by atoms with Crippen LogP contribution >= 0.6 is 23.8 Å². The van der Waals surface area contributed by atoms with Crippen LogP contribution in [0.2, 0.25) is 5.02 Å². The van der Waals surface area contributed by atoms with Crippen molar-refractivity contribution in [3.05, 3.63) is 101 Å². The third-order valence-corrected chi connectivity index (χ3v) is 7.10. The van der Waals surface area contributed by atoms with Crippen LogP contribution in [0.4, 0.5) is 5.69 Å². The molecule has 5 rings (SSSR count). The zero-order valence-corrected chi connectivity index (χ0v) is 22.7. The first-order chi connectivity index (χ1) is 17.7. The Labute approximate surface area is 227 Å². The SMILES string of the molecule is Cc1cc([C@@H]2[C@H](c3ccccn3)NC(=S)N2c2ccc(OC(C)C)cc2)c(C)n1-c1cc(Cl)ccc1O. The van der Waals surface area contributed by atoms with Gasteiger partial charge in [-0.05, 0) is 106 Å². The Hall–Kier alpha value is -3.55. The van der Waals surface area contributed by atoms with Gasteiger partial charge in [0.2, 0.25) is 0 Å². The number of hydrogen-bond donors (Lipinski definition) is 2. The summed E-state index contributed by atoms with van der Waals surface area (Å²) in [5.74, 6) is 0.973. The highest BCUT2D eigenvalue weighted by Gasteiger charge is 2.42. The van der Waals surface area contributed by atoms with E-state index in [1.807, 2.05) is 67.8 Å². The van der Waals surface area contributed by atoms with Crippen LogP contribution in [-0.4, -0.2) is 25.9 Å². The molecular formula is C29H29ClN4O2S. The summed E-state index contributed by atoms with van der Waals surface area (Å²) in [5.41, 5.74) is 5.52. The van der Waals surface area contributed by atoms with E-state index in [4.69, 9.17) is 28.6 Å². The zero-order valence-electron chi connectivity index (χ0n) is 21.1. The highest BCUT2D eigenvalue weighted by molar-refractivity contribution is 7.80. The lowest BCUT2D eigenvalue weighted by Crippen LogP contribution is -2.29. The molecule has 1 aliphatic heterocycles. The molecule has 1 fully saturated rings. The molecule has 0 amide bonds. The largest absolute Gasteiger partial charge is 0.506 e. The Balaban J connectivity index is 1.64. The summed E-state index contributed by atoms with van der Waals surface area (Å²) in [6, 6.07) is 20.8. The van der Waals surface area contributed by atoms with E-state index in [2.05, 4.69) is 28.2 Å². The molecule has 2 N–H and O–H groups in total. The second-order valence-electron chi connectivity index (χ2n) is 9.45. The van der Waals surface area contributed by atoms with Crippen molar-refractivity contribution in [1.29, 1.82) is 0 Å². The first-order valence-electron chi connectivity index (χ1n) is 12.2. The molecule has 2 aromatic heterocycles. The Morgan fingerprint density at radius 3 is 2.49 bits per heavy atom. The maximum atomic E-state index is 10.7. The van der Waals surface area contributed by atoms with Crippen molar-refractivity contribution in [2.24, 2.45) is 0 Å². The van der Waals surface area contributed by atoms with Crippen LogP contribution in [0, 0.1) is 13.8 Å². The fourth-order valence-electron chi connectivity index (χ4n) is 5.04. The summed E-state index contributed by atoms with van der Waals surface area (Å²) in [6.07, 6.45) is 1.89. The van der Waals surface area contributed by atoms with Gasteiger partial charge in [-0.15, -0.1) is 0 Å². The van der Waals surface area contributed by atoms with Gasteiger partial charge in [-0.1, -0.05) is 17.7 Å². The quantitative estimate of drug-likeness (QED) is 0.266. The van der Waals surface area contributed by atoms with Crippen molar-refractivity contribution in [3.63, 3.8) is 0 Å². The number of rotatable bonds is 6. The molecule has 0 bridgehead atoms. The van der Waals surface area contributed by atoms with E-state index in [0.29, 0.717) is 15.8 Å². The number of aromatic nitrogens is 2. The number of aryl methyl sites for hydroxylation is 1. The van der Waals surface area contributed by atoms with Crippen molar-refractivity contribution < 1.29 is 9.84 Å². The van der Waals surface area contributed by atoms with E-state index < -0.39 is 0 Å². The van der Waals surface area contributed by atoms with Gasteiger partial charge in [0.25, 0.3) is 0 Å². The predicted octanol–water partition coefficient (Wildman–Crippen LogP) is 6.81. The Morgan fingerprint density at radius 2 is 1.81 bits per heavy atom. The summed E-state index contributed by atoms with van der Waals surface area (Å²) >= 11 is 12.2. The molecular weight excluding hydrogens is 504 g/mol. The van der Waals surface area contributed by atoms with Crippen LogP contribution in [0.1, 0.15) is 48.6 Å². The number of hydrogen-bond acceptors (Lipinski definition) is 4. The summed E-state index contributed by atoms with van der Waals surface area (Å²) in [5, 5.41) is 15.3. The molecule has 0 radical (unpaired) electrons. The number of nitrogens with zero attached hydrogens (tertiary/aromatic N) is 3. The first-order valence-corrected chi connectivity index (χ1v) is 13.0. The van der Waals surface area contributed by atoms with Crippen molar-refractivity contribution in [1.82, 2.24) is 14.9 Å². The van der Waals surface area contributed by atoms with Gasteiger partial charge < -0.3 is 24.6 Å². The Kier molecular flexibility index (Phi) is 6.84. The Bertz CT molecular complexity index is 1440. The maximum Gasteiger partial charge on any atom is 0.174 e. The fraction of sp³-hybridized carbons (Fsp3) is 0.241. The number of phenolic OH excluding ortho intramolecular Hbond substituents is 1. The lowest BCUT2D eigenvalue weighted by Gasteiger charge is -2.28. The second kappa shape index (κ2) is 10.1. The molecule has 2 aromatic carbocycles. The number of halogens is 1. The summed E-state index contributed by atoms with van der Waals surface area (Å²) in [6.45, 7) is 8.09. The third-order valence-electron chi connectivity index (χ3n) is 6.55. The van der Waals surface area contributed by atoms with Crippen LogP contribution in [0.25, 0.3) is 5.69 Å². The third kappa shape index (κ3) is 4.77. The fourth-order valence-corrected chi connectivity index (χ4v) is 5.55. The summed E-state index contributed by atoms with van der Waals surface area (Å²) < 4.78 is 7.89. The number of nitrogens with one attached hydrogen (secondary N) is 1. The monoisotopic (exact) mass is 532 g/mol. The molecule has 8 heteroatoms. The van der Waals surface area contributed by atoms with Gasteiger partial charge in [-0.3, -0.25) is 4.98 Å². The van der Waals surface area contributed by atoms with Crippen LogP contribution in [-0.2, 0) is 0 Å². The number of thiocarbonyl (C=S) groups is 1. The van der Waals surface area contributed by atoms with Gasteiger partial charge in [0.15, 0.2) is 5.11 Å². The standard InChI is InChI=1S/C29H29ClN4O2S/c1-17(2)36-22-11-9-21(10-12-22)34-28(27(32-29(34)37)24-7-5-6-14-31-24)23-15-18(3)33(19(23)4)25-16-20(30)8-13-26(25)35/h5-17,27-28,35H,1-4H3,(H,32,37)/t27-,28+/m0/s1. The number of benzene rings is 2. The average Bonchev–Trinajstić information content (AvgIpc) is 3.36. The van der Waals surface area contributed by atoms with Crippen molar-refractivity contribution in [2.75, 3.05) is 4.90 Å². The van der Waals surface area contributed by atoms with Gasteiger partial charge in [0.1, 0.15) is 11.5 Å². The minimum atomic E-state index is -0.180. The van der Waals surface area contributed by atoms with Crippen molar-refractivity contribution >= 4 is 34.6 Å². The lowest BCUT2D eigenvalue weighted by atomic mass is 9.96. The molecule has 1 aliphatic rings. The zero-order chi connectivity index (χ0) is 26.3. The second-order valence-corrected chi connectivity index (χ2v) is 10.3. The number of pyridine rings is 1. The van der Waals surface area contributed by atoms with Crippen molar-refractivity contribution in [3.8, 4) is 17.2 Å². The number of anilines is 1. The molecule has 0 spiro atoms. The van der Waals surface area contributed by atoms with E-state index in [9.17, 15) is 5.11 Å². The van der Waals surface area contributed by atoms with E-state index in [1.54, 1.807) is 24.4 Å². The maximum absolute atomic E-state index is 10.7. The highest BCUT2D eigenvalue weighted by Crippen LogP contribution is 2.44. The molecule has 6 nitrogen and oxygen atoms in total. The van der Waals surface area contributed by atoms with Crippen LogP contribution in [0.5, 0.6) is 11.5 Å². The molecule has 4 aromatic rings. The van der Waals surface area contributed by atoms with Crippen LogP contribution < -0.4 is 15.0 Å². The molecule has 3 heterocycles. The topological polar surface area (TPSA) is 62.5 Å². The average molecular weight is 533 g/mol. The first kappa shape index (κ1) is 25.1. The minimum absolute atomic E-state index is 0.0926. The number of aromatic hydroxyl groups is 1. The van der Waals surface area contributed by atoms with Crippen LogP contribution in [0.15, 0.2) is 72.9 Å². The highest BCUT2D eigenvalue weighted by atomic mass is 35.5. The molecule has 0 unspecified atom stereocenters. The minimum Gasteiger partial charge on any atom is -0.506 e. The number of phenols is 1. The summed E-state index contributed by atoms with van der Waals surface area (Å²) in [7, 11) is 0. The smallest absolute Gasteiger partial charge is 0.174 e. The number of ether oxygens (including phenoxy) is 1. The Morgan fingerprint density at radius 1 is 1.05 bits per heavy atom. The van der Waals surface area contributed by atoms with E-state index in [0.717, 1.165) is 34.1 Å². The van der Waals surface area contributed by atoms with Gasteiger partial charge >= 0.3 is 0 Å². The van der Waals surface area contributed by atoms with Gasteiger partial charge in [-0.2, -0.15) is 0 Å². The van der Waals surface area contributed by atoms with E-state index in [-0.39, 0.29) is 23.9 Å².